The molecule has 0 atom stereocenters. The van der Waals surface area contributed by atoms with Crippen LogP contribution < -0.4 is 5.73 Å². The summed E-state index contributed by atoms with van der Waals surface area (Å²) in [6.45, 7) is 5.67. The minimum atomic E-state index is 0.801. The summed E-state index contributed by atoms with van der Waals surface area (Å²) in [4.78, 5) is 0. The number of benzene rings is 1. The van der Waals surface area contributed by atoms with Gasteiger partial charge in [0.2, 0.25) is 0 Å². The van der Waals surface area contributed by atoms with Crippen LogP contribution in [0.25, 0.3) is 6.08 Å². The second-order valence-corrected chi connectivity index (χ2v) is 2.38. The average Bonchev–Trinajstić information content (AvgIpc) is 1.85. The smallest absolute Gasteiger partial charge is 0.0322 e. The molecular weight excluding hydrogens is 122 g/mol. The summed E-state index contributed by atoms with van der Waals surface area (Å²) < 4.78 is 0. The molecule has 52 valence electrons. The van der Waals surface area contributed by atoms with Gasteiger partial charge in [-0.1, -0.05) is 18.7 Å². The second-order valence-electron chi connectivity index (χ2n) is 2.38. The largest absolute Gasteiger partial charge is 0.399 e. The molecule has 1 aromatic rings. The van der Waals surface area contributed by atoms with Crippen molar-refractivity contribution >= 4 is 11.8 Å². The molecule has 0 saturated heterocycles. The van der Waals surface area contributed by atoms with Gasteiger partial charge in [0, 0.05) is 5.69 Å². The predicted octanol–water partition coefficient (Wildman–Crippen LogP) is 2.22. The monoisotopic (exact) mass is 133 g/mol. The Hall–Kier alpha value is -1.24. The summed E-state index contributed by atoms with van der Waals surface area (Å²) in [6, 6.07) is 5.89. The van der Waals surface area contributed by atoms with Crippen LogP contribution in [0.1, 0.15) is 11.1 Å². The lowest BCUT2D eigenvalue weighted by molar-refractivity contribution is 1.46. The summed E-state index contributed by atoms with van der Waals surface area (Å²) in [6.07, 6.45) is 1.80. The summed E-state index contributed by atoms with van der Waals surface area (Å²) >= 11 is 0. The number of anilines is 1. The number of hydrogen-bond donors (Lipinski definition) is 1. The highest BCUT2D eigenvalue weighted by molar-refractivity contribution is 5.55. The van der Waals surface area contributed by atoms with Crippen LogP contribution in [0.4, 0.5) is 5.69 Å². The van der Waals surface area contributed by atoms with E-state index in [2.05, 4.69) is 6.58 Å². The van der Waals surface area contributed by atoms with Gasteiger partial charge in [0.05, 0.1) is 0 Å². The van der Waals surface area contributed by atoms with Crippen LogP contribution in [0.3, 0.4) is 0 Å². The van der Waals surface area contributed by atoms with E-state index < -0.39 is 0 Å². The van der Waals surface area contributed by atoms with E-state index in [1.165, 1.54) is 5.56 Å². The molecule has 0 aromatic heterocycles. The molecule has 1 heteroatoms. The molecule has 0 aliphatic heterocycles. The molecule has 1 rings (SSSR count). The highest BCUT2D eigenvalue weighted by Crippen LogP contribution is 2.11. The number of nitrogens with two attached hydrogens (primary N) is 1. The van der Waals surface area contributed by atoms with Crippen molar-refractivity contribution in [1.82, 2.24) is 0 Å². The van der Waals surface area contributed by atoms with Gasteiger partial charge in [0.15, 0.2) is 0 Å². The van der Waals surface area contributed by atoms with Crippen LogP contribution in [0.5, 0.6) is 0 Å². The Kier molecular flexibility index (Phi) is 1.76. The van der Waals surface area contributed by atoms with E-state index in [0.29, 0.717) is 0 Å². The van der Waals surface area contributed by atoms with Gasteiger partial charge in [-0.15, -0.1) is 0 Å². The first-order valence-corrected chi connectivity index (χ1v) is 3.22. The molecule has 0 heterocycles. The van der Waals surface area contributed by atoms with Gasteiger partial charge in [-0.3, -0.25) is 0 Å². The Labute approximate surface area is 61.2 Å². The van der Waals surface area contributed by atoms with Crippen LogP contribution >= 0.6 is 0 Å². The number of hydrogen-bond acceptors (Lipinski definition) is 1. The quantitative estimate of drug-likeness (QED) is 0.584. The molecule has 0 unspecified atom stereocenters. The van der Waals surface area contributed by atoms with Gasteiger partial charge in [0.25, 0.3) is 0 Å². The fourth-order valence-electron chi connectivity index (χ4n) is 0.961. The van der Waals surface area contributed by atoms with Crippen molar-refractivity contribution in [2.24, 2.45) is 0 Å². The zero-order chi connectivity index (χ0) is 7.56. The topological polar surface area (TPSA) is 26.0 Å². The zero-order valence-electron chi connectivity index (χ0n) is 6.09. The standard InChI is InChI=1S/C9H11N/c1-3-8-4-7(2)5-9(10)6-8/h3-6H,1,10H2,2H3. The summed E-state index contributed by atoms with van der Waals surface area (Å²) in [5.74, 6) is 0. The molecule has 0 bridgehead atoms. The molecule has 1 aromatic carbocycles. The van der Waals surface area contributed by atoms with Crippen LogP contribution in [0.15, 0.2) is 24.8 Å². The van der Waals surface area contributed by atoms with Crippen LogP contribution in [-0.2, 0) is 0 Å². The van der Waals surface area contributed by atoms with Crippen molar-refractivity contribution < 1.29 is 0 Å². The second kappa shape index (κ2) is 2.56. The van der Waals surface area contributed by atoms with E-state index in [1.807, 2.05) is 25.1 Å². The number of rotatable bonds is 1. The molecule has 0 saturated carbocycles. The molecule has 2 N–H and O–H groups in total. The van der Waals surface area contributed by atoms with E-state index in [-0.39, 0.29) is 0 Å². The Balaban J connectivity index is 3.18. The molecule has 0 fully saturated rings. The van der Waals surface area contributed by atoms with Crippen molar-refractivity contribution in [3.05, 3.63) is 35.9 Å². The third-order valence-corrected chi connectivity index (χ3v) is 1.36. The minimum Gasteiger partial charge on any atom is -0.399 e. The SMILES string of the molecule is C=Cc1cc(C)cc(N)c1. The molecule has 1 nitrogen and oxygen atoms in total. The lowest BCUT2D eigenvalue weighted by Gasteiger charge is -1.98. The molecule has 0 radical (unpaired) electrons. The zero-order valence-corrected chi connectivity index (χ0v) is 6.09. The average molecular weight is 133 g/mol. The minimum absolute atomic E-state index is 0.801. The van der Waals surface area contributed by atoms with E-state index in [0.717, 1.165) is 11.3 Å². The number of aryl methyl sites for hydroxylation is 1. The maximum Gasteiger partial charge on any atom is 0.0322 e. The molecule has 0 amide bonds. The third kappa shape index (κ3) is 1.38. The highest BCUT2D eigenvalue weighted by atomic mass is 14.5. The van der Waals surface area contributed by atoms with Crippen LogP contribution in [0.2, 0.25) is 0 Å². The normalized spacial score (nSPS) is 9.30. The van der Waals surface area contributed by atoms with Gasteiger partial charge >= 0.3 is 0 Å². The fourth-order valence-corrected chi connectivity index (χ4v) is 0.961. The highest BCUT2D eigenvalue weighted by Gasteiger charge is 1.89. The Bertz CT molecular complexity index is 231. The van der Waals surface area contributed by atoms with Crippen molar-refractivity contribution in [3.8, 4) is 0 Å². The van der Waals surface area contributed by atoms with Crippen LogP contribution in [0, 0.1) is 6.92 Å². The first-order valence-electron chi connectivity index (χ1n) is 3.22. The van der Waals surface area contributed by atoms with Crippen molar-refractivity contribution in [1.29, 1.82) is 0 Å². The first kappa shape index (κ1) is 6.87. The maximum atomic E-state index is 5.59. The predicted molar refractivity (Wildman–Crippen MR) is 45.7 cm³/mol. The van der Waals surface area contributed by atoms with Crippen molar-refractivity contribution in [3.63, 3.8) is 0 Å². The molecule has 0 aliphatic rings. The lowest BCUT2D eigenvalue weighted by atomic mass is 10.1. The third-order valence-electron chi connectivity index (χ3n) is 1.36. The van der Waals surface area contributed by atoms with E-state index in [1.54, 1.807) is 6.08 Å². The van der Waals surface area contributed by atoms with Gasteiger partial charge in [0.1, 0.15) is 0 Å². The first-order chi connectivity index (χ1) is 4.72. The molecule has 10 heavy (non-hydrogen) atoms. The van der Waals surface area contributed by atoms with Gasteiger partial charge < -0.3 is 5.73 Å². The Morgan fingerprint density at radius 3 is 2.60 bits per heavy atom. The van der Waals surface area contributed by atoms with Gasteiger partial charge in [-0.05, 0) is 30.2 Å². The molecule has 0 aliphatic carbocycles. The number of nitrogen functional groups attached to an aromatic ring is 1. The van der Waals surface area contributed by atoms with Gasteiger partial charge in [-0.2, -0.15) is 0 Å². The van der Waals surface area contributed by atoms with Crippen molar-refractivity contribution in [2.75, 3.05) is 5.73 Å². The van der Waals surface area contributed by atoms with E-state index in [9.17, 15) is 0 Å². The Morgan fingerprint density at radius 1 is 1.40 bits per heavy atom. The molecular formula is C9H11N. The summed E-state index contributed by atoms with van der Waals surface area (Å²) in [7, 11) is 0. The summed E-state index contributed by atoms with van der Waals surface area (Å²) in [5.41, 5.74) is 8.64. The maximum absolute atomic E-state index is 5.59. The molecule has 0 spiro atoms. The Morgan fingerprint density at radius 2 is 2.10 bits per heavy atom. The van der Waals surface area contributed by atoms with E-state index >= 15 is 0 Å². The van der Waals surface area contributed by atoms with E-state index in [4.69, 9.17) is 5.73 Å². The lowest BCUT2D eigenvalue weighted by Crippen LogP contribution is -1.86. The van der Waals surface area contributed by atoms with Crippen molar-refractivity contribution in [2.45, 2.75) is 6.92 Å². The summed E-state index contributed by atoms with van der Waals surface area (Å²) in [5, 5.41) is 0. The van der Waals surface area contributed by atoms with Crippen LogP contribution in [-0.4, -0.2) is 0 Å². The fraction of sp³-hybridized carbons (Fsp3) is 0.111. The van der Waals surface area contributed by atoms with Gasteiger partial charge in [-0.25, -0.2) is 0 Å².